The highest BCUT2D eigenvalue weighted by Crippen LogP contribution is 2.28. The van der Waals surface area contributed by atoms with Gasteiger partial charge in [-0.15, -0.1) is 0 Å². The Morgan fingerprint density at radius 2 is 2.00 bits per heavy atom. The summed E-state index contributed by atoms with van der Waals surface area (Å²) in [5, 5.41) is 7.43. The summed E-state index contributed by atoms with van der Waals surface area (Å²) in [6, 6.07) is 7.76. The number of hydrogen-bond donors (Lipinski definition) is 1. The molecule has 1 fully saturated rings. The van der Waals surface area contributed by atoms with Crippen molar-refractivity contribution in [2.75, 3.05) is 11.5 Å². The number of sulfone groups is 1. The van der Waals surface area contributed by atoms with Gasteiger partial charge in [-0.2, -0.15) is 5.10 Å². The first-order chi connectivity index (χ1) is 11.9. The highest BCUT2D eigenvalue weighted by atomic mass is 32.2. The molecule has 132 valence electrons. The van der Waals surface area contributed by atoms with Crippen molar-refractivity contribution in [3.63, 3.8) is 0 Å². The van der Waals surface area contributed by atoms with Crippen molar-refractivity contribution in [2.24, 2.45) is 0 Å². The summed E-state index contributed by atoms with van der Waals surface area (Å²) in [6.45, 7) is 2.03. The predicted octanol–water partition coefficient (Wildman–Crippen LogP) is 1.59. The van der Waals surface area contributed by atoms with E-state index >= 15 is 0 Å². The molecule has 1 aliphatic heterocycles. The second-order valence-corrected chi connectivity index (χ2v) is 9.18. The predicted molar refractivity (Wildman–Crippen MR) is 94.9 cm³/mol. The molecule has 25 heavy (non-hydrogen) atoms. The molecule has 1 aromatic carbocycles. The van der Waals surface area contributed by atoms with Gasteiger partial charge in [-0.05, 0) is 44.7 Å². The van der Waals surface area contributed by atoms with Gasteiger partial charge in [0.2, 0.25) is 0 Å². The minimum atomic E-state index is -3.02. The van der Waals surface area contributed by atoms with Gasteiger partial charge >= 0.3 is 0 Å². The van der Waals surface area contributed by atoms with Gasteiger partial charge in [0.15, 0.2) is 15.5 Å². The van der Waals surface area contributed by atoms with Gasteiger partial charge in [-0.25, -0.2) is 13.1 Å². The van der Waals surface area contributed by atoms with Crippen LogP contribution in [0, 0.1) is 6.92 Å². The van der Waals surface area contributed by atoms with E-state index in [1.165, 1.54) is 5.56 Å². The quantitative estimate of drug-likeness (QED) is 0.902. The average Bonchev–Trinajstić information content (AvgIpc) is 3.23. The molecular formula is C18H21N3O3S. The number of carbonyl (C=O) groups is 1. The normalized spacial score (nSPS) is 21.2. The van der Waals surface area contributed by atoms with Crippen LogP contribution in [-0.4, -0.2) is 41.7 Å². The highest BCUT2D eigenvalue weighted by molar-refractivity contribution is 7.91. The molecule has 4 rings (SSSR count). The molecule has 1 atom stereocenters. The number of rotatable bonds is 3. The Balaban J connectivity index is 1.63. The summed E-state index contributed by atoms with van der Waals surface area (Å²) in [5.74, 6) is -0.0842. The highest BCUT2D eigenvalue weighted by Gasteiger charge is 2.32. The Morgan fingerprint density at radius 1 is 1.24 bits per heavy atom. The van der Waals surface area contributed by atoms with Crippen LogP contribution in [0.4, 0.5) is 0 Å². The first kappa shape index (κ1) is 16.3. The molecule has 2 aliphatic rings. The van der Waals surface area contributed by atoms with Crippen LogP contribution in [0.1, 0.15) is 40.2 Å². The van der Waals surface area contributed by atoms with E-state index in [9.17, 15) is 13.2 Å². The van der Waals surface area contributed by atoms with Gasteiger partial charge in [0.05, 0.1) is 17.2 Å². The number of nitrogens with zero attached hydrogens (tertiary/aromatic N) is 2. The molecule has 1 saturated heterocycles. The van der Waals surface area contributed by atoms with Crippen LogP contribution in [0.3, 0.4) is 0 Å². The number of benzene rings is 1. The van der Waals surface area contributed by atoms with Gasteiger partial charge in [-0.1, -0.05) is 17.7 Å². The number of aryl methyl sites for hydroxylation is 1. The number of fused-ring (bicyclic) bond motifs is 1. The topological polar surface area (TPSA) is 81.1 Å². The monoisotopic (exact) mass is 359 g/mol. The zero-order valence-corrected chi connectivity index (χ0v) is 15.0. The number of amides is 1. The van der Waals surface area contributed by atoms with Crippen molar-refractivity contribution >= 4 is 15.7 Å². The first-order valence-corrected chi connectivity index (χ1v) is 10.4. The molecule has 1 aromatic heterocycles. The average molecular weight is 359 g/mol. The summed E-state index contributed by atoms with van der Waals surface area (Å²) < 4.78 is 25.0. The molecule has 7 heteroatoms. The van der Waals surface area contributed by atoms with E-state index in [1.807, 2.05) is 35.9 Å². The molecule has 0 saturated carbocycles. The van der Waals surface area contributed by atoms with Crippen LogP contribution in [0.25, 0.3) is 5.69 Å². The molecule has 0 bridgehead atoms. The SMILES string of the molecule is Cc1ccc(-n2nc(C(=O)NC3CCS(=O)(=O)C3)c3c2CCC3)cc1. The molecule has 2 aromatic rings. The molecule has 6 nitrogen and oxygen atoms in total. The maximum Gasteiger partial charge on any atom is 0.272 e. The summed E-state index contributed by atoms with van der Waals surface area (Å²) in [6.07, 6.45) is 3.24. The molecule has 0 radical (unpaired) electrons. The fourth-order valence-electron chi connectivity index (χ4n) is 3.68. The summed E-state index contributed by atoms with van der Waals surface area (Å²) in [7, 11) is -3.02. The number of hydrogen-bond acceptors (Lipinski definition) is 4. The fraction of sp³-hybridized carbons (Fsp3) is 0.444. The Kier molecular flexibility index (Phi) is 3.91. The number of aromatic nitrogens is 2. The second-order valence-electron chi connectivity index (χ2n) is 6.95. The lowest BCUT2D eigenvalue weighted by Gasteiger charge is -2.10. The zero-order chi connectivity index (χ0) is 17.6. The first-order valence-electron chi connectivity index (χ1n) is 8.62. The van der Waals surface area contributed by atoms with Crippen molar-refractivity contribution in [2.45, 2.75) is 38.6 Å². The lowest BCUT2D eigenvalue weighted by molar-refractivity contribution is 0.0934. The van der Waals surface area contributed by atoms with Crippen LogP contribution in [0.5, 0.6) is 0 Å². The molecular weight excluding hydrogens is 338 g/mol. The van der Waals surface area contributed by atoms with Crippen LogP contribution >= 0.6 is 0 Å². The van der Waals surface area contributed by atoms with E-state index in [2.05, 4.69) is 10.4 Å². The van der Waals surface area contributed by atoms with E-state index in [-0.39, 0.29) is 23.5 Å². The Hall–Kier alpha value is -2.15. The third kappa shape index (κ3) is 3.08. The minimum absolute atomic E-state index is 0.0274. The van der Waals surface area contributed by atoms with Gasteiger partial charge in [0.25, 0.3) is 5.91 Å². The summed E-state index contributed by atoms with van der Waals surface area (Å²) in [4.78, 5) is 12.7. The minimum Gasteiger partial charge on any atom is -0.347 e. The molecule has 0 spiro atoms. The Labute approximate surface area is 147 Å². The van der Waals surface area contributed by atoms with Crippen molar-refractivity contribution in [1.82, 2.24) is 15.1 Å². The van der Waals surface area contributed by atoms with Gasteiger partial charge in [0, 0.05) is 17.3 Å². The molecule has 1 aliphatic carbocycles. The van der Waals surface area contributed by atoms with Crippen LogP contribution in [0.15, 0.2) is 24.3 Å². The molecule has 2 heterocycles. The third-order valence-corrected chi connectivity index (χ3v) is 6.76. The molecule has 1 unspecified atom stereocenters. The van der Waals surface area contributed by atoms with Crippen molar-refractivity contribution in [3.05, 3.63) is 46.8 Å². The van der Waals surface area contributed by atoms with E-state index < -0.39 is 9.84 Å². The molecule has 1 amide bonds. The van der Waals surface area contributed by atoms with E-state index in [4.69, 9.17) is 0 Å². The van der Waals surface area contributed by atoms with Crippen LogP contribution < -0.4 is 5.32 Å². The fourth-order valence-corrected chi connectivity index (χ4v) is 5.36. The van der Waals surface area contributed by atoms with E-state index in [0.29, 0.717) is 12.1 Å². The van der Waals surface area contributed by atoms with Gasteiger partial charge < -0.3 is 5.32 Å². The lowest BCUT2D eigenvalue weighted by atomic mass is 10.1. The van der Waals surface area contributed by atoms with Gasteiger partial charge in [0.1, 0.15) is 0 Å². The Bertz CT molecular complexity index is 929. The van der Waals surface area contributed by atoms with Crippen LogP contribution in [-0.2, 0) is 22.7 Å². The van der Waals surface area contributed by atoms with E-state index in [0.717, 1.165) is 36.2 Å². The van der Waals surface area contributed by atoms with Crippen molar-refractivity contribution in [3.8, 4) is 5.69 Å². The second kappa shape index (κ2) is 5.98. The third-order valence-electron chi connectivity index (χ3n) is 4.99. The number of nitrogens with one attached hydrogen (secondary N) is 1. The lowest BCUT2D eigenvalue weighted by Crippen LogP contribution is -2.36. The Morgan fingerprint density at radius 3 is 2.68 bits per heavy atom. The summed E-state index contributed by atoms with van der Waals surface area (Å²) in [5.41, 5.74) is 4.66. The van der Waals surface area contributed by atoms with Crippen molar-refractivity contribution < 1.29 is 13.2 Å². The molecule has 1 N–H and O–H groups in total. The number of carbonyl (C=O) groups excluding carboxylic acids is 1. The standard InChI is InChI=1S/C18H21N3O3S/c1-12-5-7-14(8-6-12)21-16-4-2-3-15(16)17(20-21)18(22)19-13-9-10-25(23,24)11-13/h5-8,13H,2-4,9-11H2,1H3,(H,19,22). The zero-order valence-electron chi connectivity index (χ0n) is 14.2. The van der Waals surface area contributed by atoms with E-state index in [1.54, 1.807) is 0 Å². The maximum absolute atomic E-state index is 12.7. The largest absolute Gasteiger partial charge is 0.347 e. The maximum atomic E-state index is 12.7. The summed E-state index contributed by atoms with van der Waals surface area (Å²) >= 11 is 0. The van der Waals surface area contributed by atoms with Crippen molar-refractivity contribution in [1.29, 1.82) is 0 Å². The smallest absolute Gasteiger partial charge is 0.272 e. The van der Waals surface area contributed by atoms with Gasteiger partial charge in [-0.3, -0.25) is 4.79 Å². The van der Waals surface area contributed by atoms with Crippen LogP contribution in [0.2, 0.25) is 0 Å².